The fourth-order valence-electron chi connectivity index (χ4n) is 2.59. The molecule has 21 heavy (non-hydrogen) atoms. The molecule has 2 aromatic rings. The summed E-state index contributed by atoms with van der Waals surface area (Å²) in [6.45, 7) is 10.3. The van der Waals surface area contributed by atoms with Crippen molar-refractivity contribution in [3.63, 3.8) is 0 Å². The number of nitrogens with two attached hydrogens (primary N) is 1. The molecule has 4 nitrogen and oxygen atoms in total. The Balaban J connectivity index is 2.01. The highest BCUT2D eigenvalue weighted by Crippen LogP contribution is 2.31. The summed E-state index contributed by atoms with van der Waals surface area (Å²) in [4.78, 5) is 13.1. The van der Waals surface area contributed by atoms with Crippen LogP contribution in [0.25, 0.3) is 0 Å². The third-order valence-corrected chi connectivity index (χ3v) is 4.96. The number of thiophene rings is 1. The lowest BCUT2D eigenvalue weighted by atomic mass is 9.95. The van der Waals surface area contributed by atoms with Crippen molar-refractivity contribution in [1.82, 2.24) is 9.97 Å². The zero-order valence-corrected chi connectivity index (χ0v) is 13.9. The van der Waals surface area contributed by atoms with E-state index in [1.54, 1.807) is 0 Å². The minimum absolute atomic E-state index is 0.0973. The second-order valence-electron chi connectivity index (χ2n) is 6.67. The van der Waals surface area contributed by atoms with E-state index in [0.717, 1.165) is 36.7 Å². The number of fused-ring (bicyclic) bond motifs is 1. The van der Waals surface area contributed by atoms with Crippen LogP contribution < -0.4 is 10.6 Å². The van der Waals surface area contributed by atoms with Gasteiger partial charge in [0.1, 0.15) is 17.5 Å². The van der Waals surface area contributed by atoms with E-state index in [1.807, 2.05) is 18.3 Å². The van der Waals surface area contributed by atoms with Gasteiger partial charge in [0.05, 0.1) is 0 Å². The molecule has 0 radical (unpaired) electrons. The molecule has 0 atom stereocenters. The Morgan fingerprint density at radius 1 is 1.29 bits per heavy atom. The molecule has 0 aromatic carbocycles. The fourth-order valence-corrected chi connectivity index (χ4v) is 3.48. The van der Waals surface area contributed by atoms with Gasteiger partial charge in [0.25, 0.3) is 0 Å². The van der Waals surface area contributed by atoms with Gasteiger partial charge in [-0.25, -0.2) is 9.97 Å². The smallest absolute Gasteiger partial charge is 0.138 e. The van der Waals surface area contributed by atoms with Crippen molar-refractivity contribution in [3.8, 4) is 0 Å². The van der Waals surface area contributed by atoms with E-state index >= 15 is 0 Å². The fraction of sp³-hybridized carbons (Fsp3) is 0.500. The Morgan fingerprint density at radius 3 is 2.76 bits per heavy atom. The Hall–Kier alpha value is -1.62. The molecule has 0 saturated carbocycles. The van der Waals surface area contributed by atoms with Crippen LogP contribution in [0.5, 0.6) is 0 Å². The second kappa shape index (κ2) is 4.98. The summed E-state index contributed by atoms with van der Waals surface area (Å²) in [5, 5.41) is 2.18. The molecular weight excluding hydrogens is 280 g/mol. The molecule has 0 saturated heterocycles. The predicted molar refractivity (Wildman–Crippen MR) is 89.0 cm³/mol. The molecule has 3 rings (SSSR count). The number of nitrogen functional groups attached to an aromatic ring is 1. The SMILES string of the molecule is Cc1c(N)nc(C(C)(C)C)nc1N1CCc2sccc2C1. The van der Waals surface area contributed by atoms with Crippen LogP contribution in [0, 0.1) is 6.92 Å². The average molecular weight is 302 g/mol. The predicted octanol–water partition coefficient (Wildman–Crippen LogP) is 3.29. The van der Waals surface area contributed by atoms with E-state index in [9.17, 15) is 0 Å². The lowest BCUT2D eigenvalue weighted by molar-refractivity contribution is 0.543. The van der Waals surface area contributed by atoms with E-state index < -0.39 is 0 Å². The van der Waals surface area contributed by atoms with Gasteiger partial charge in [-0.3, -0.25) is 0 Å². The van der Waals surface area contributed by atoms with Crippen LogP contribution in [-0.4, -0.2) is 16.5 Å². The van der Waals surface area contributed by atoms with E-state index in [4.69, 9.17) is 10.7 Å². The minimum atomic E-state index is -0.0973. The molecule has 0 aliphatic carbocycles. The summed E-state index contributed by atoms with van der Waals surface area (Å²) < 4.78 is 0. The van der Waals surface area contributed by atoms with E-state index in [-0.39, 0.29) is 5.41 Å². The second-order valence-corrected chi connectivity index (χ2v) is 7.67. The summed E-state index contributed by atoms with van der Waals surface area (Å²) in [6, 6.07) is 2.22. The molecule has 3 heterocycles. The number of hydrogen-bond acceptors (Lipinski definition) is 5. The first-order valence-electron chi connectivity index (χ1n) is 7.31. The first kappa shape index (κ1) is 14.3. The summed E-state index contributed by atoms with van der Waals surface area (Å²) in [5.41, 5.74) is 8.43. The monoisotopic (exact) mass is 302 g/mol. The van der Waals surface area contributed by atoms with Crippen molar-refractivity contribution in [3.05, 3.63) is 33.3 Å². The maximum atomic E-state index is 6.12. The van der Waals surface area contributed by atoms with Gasteiger partial charge in [0, 0.05) is 28.9 Å². The van der Waals surface area contributed by atoms with E-state index in [2.05, 4.69) is 42.1 Å². The highest BCUT2D eigenvalue weighted by Gasteiger charge is 2.25. The van der Waals surface area contributed by atoms with Gasteiger partial charge in [-0.05, 0) is 30.4 Å². The Labute approximate surface area is 130 Å². The molecule has 0 spiro atoms. The van der Waals surface area contributed by atoms with Crippen molar-refractivity contribution in [2.75, 3.05) is 17.2 Å². The molecule has 1 aliphatic heterocycles. The van der Waals surface area contributed by atoms with Gasteiger partial charge in [-0.15, -0.1) is 11.3 Å². The Kier molecular flexibility index (Phi) is 3.40. The van der Waals surface area contributed by atoms with Gasteiger partial charge >= 0.3 is 0 Å². The van der Waals surface area contributed by atoms with Crippen LogP contribution in [0.1, 0.15) is 42.6 Å². The molecule has 0 amide bonds. The van der Waals surface area contributed by atoms with E-state index in [0.29, 0.717) is 5.82 Å². The third kappa shape index (κ3) is 2.62. The van der Waals surface area contributed by atoms with Crippen LogP contribution in [0.2, 0.25) is 0 Å². The molecule has 0 fully saturated rings. The van der Waals surface area contributed by atoms with Crippen molar-refractivity contribution in [1.29, 1.82) is 0 Å². The van der Waals surface area contributed by atoms with Crippen molar-refractivity contribution < 1.29 is 0 Å². The van der Waals surface area contributed by atoms with Gasteiger partial charge in [0.15, 0.2) is 0 Å². The Bertz CT molecular complexity index is 669. The molecule has 2 aromatic heterocycles. The van der Waals surface area contributed by atoms with Crippen LogP contribution >= 0.6 is 11.3 Å². The summed E-state index contributed by atoms with van der Waals surface area (Å²) in [5.74, 6) is 2.40. The molecule has 1 aliphatic rings. The van der Waals surface area contributed by atoms with Gasteiger partial charge < -0.3 is 10.6 Å². The molecule has 2 N–H and O–H groups in total. The summed E-state index contributed by atoms with van der Waals surface area (Å²) >= 11 is 1.85. The molecule has 0 bridgehead atoms. The number of aromatic nitrogens is 2. The third-order valence-electron chi connectivity index (χ3n) is 3.94. The number of hydrogen-bond donors (Lipinski definition) is 1. The van der Waals surface area contributed by atoms with Crippen molar-refractivity contribution >= 4 is 23.0 Å². The van der Waals surface area contributed by atoms with Crippen LogP contribution in [0.3, 0.4) is 0 Å². The van der Waals surface area contributed by atoms with Crippen LogP contribution in [-0.2, 0) is 18.4 Å². The summed E-state index contributed by atoms with van der Waals surface area (Å²) in [6.07, 6.45) is 1.08. The minimum Gasteiger partial charge on any atom is -0.383 e. The first-order chi connectivity index (χ1) is 9.86. The molecule has 0 unspecified atom stereocenters. The zero-order chi connectivity index (χ0) is 15.2. The average Bonchev–Trinajstić information content (AvgIpc) is 2.87. The van der Waals surface area contributed by atoms with Gasteiger partial charge in [-0.1, -0.05) is 20.8 Å². The number of rotatable bonds is 1. The topological polar surface area (TPSA) is 55.0 Å². The normalized spacial score (nSPS) is 15.1. The highest BCUT2D eigenvalue weighted by atomic mass is 32.1. The molecule has 5 heteroatoms. The maximum absolute atomic E-state index is 6.12. The lowest BCUT2D eigenvalue weighted by Crippen LogP contribution is -2.32. The number of nitrogens with zero attached hydrogens (tertiary/aromatic N) is 3. The zero-order valence-electron chi connectivity index (χ0n) is 13.1. The number of anilines is 2. The molecule has 112 valence electrons. The Morgan fingerprint density at radius 2 is 2.05 bits per heavy atom. The first-order valence-corrected chi connectivity index (χ1v) is 8.19. The van der Waals surface area contributed by atoms with Crippen LogP contribution in [0.4, 0.5) is 11.6 Å². The van der Waals surface area contributed by atoms with Crippen molar-refractivity contribution in [2.45, 2.75) is 46.1 Å². The van der Waals surface area contributed by atoms with Gasteiger partial charge in [-0.2, -0.15) is 0 Å². The molecular formula is C16H22N4S. The van der Waals surface area contributed by atoms with Crippen LogP contribution in [0.15, 0.2) is 11.4 Å². The maximum Gasteiger partial charge on any atom is 0.138 e. The van der Waals surface area contributed by atoms with Gasteiger partial charge in [0.2, 0.25) is 0 Å². The highest BCUT2D eigenvalue weighted by molar-refractivity contribution is 7.10. The lowest BCUT2D eigenvalue weighted by Gasteiger charge is -2.30. The van der Waals surface area contributed by atoms with E-state index in [1.165, 1.54) is 10.4 Å². The standard InChI is InChI=1S/C16H22N4S/c1-10-13(17)18-15(16(2,3)4)19-14(10)20-7-5-12-11(9-20)6-8-21-12/h6,8H,5,7,9H2,1-4H3,(H2,17,18,19). The quantitative estimate of drug-likeness (QED) is 0.878. The summed E-state index contributed by atoms with van der Waals surface area (Å²) in [7, 11) is 0. The largest absolute Gasteiger partial charge is 0.383 e. The van der Waals surface area contributed by atoms with Crippen molar-refractivity contribution in [2.24, 2.45) is 0 Å².